The van der Waals surface area contributed by atoms with Crippen molar-refractivity contribution in [2.75, 3.05) is 0 Å². The number of aromatic nitrogens is 1. The van der Waals surface area contributed by atoms with Crippen LogP contribution in [0, 0.1) is 11.6 Å². The van der Waals surface area contributed by atoms with E-state index in [1.165, 1.54) is 6.07 Å². The third-order valence-electron chi connectivity index (χ3n) is 6.32. The first-order chi connectivity index (χ1) is 17.7. The van der Waals surface area contributed by atoms with E-state index >= 15 is 0 Å². The quantitative estimate of drug-likeness (QED) is 0.176. The van der Waals surface area contributed by atoms with Crippen molar-refractivity contribution in [2.24, 2.45) is 0 Å². The topological polar surface area (TPSA) is 48.3 Å². The molecule has 0 fully saturated rings. The second-order valence-corrected chi connectivity index (χ2v) is 9.84. The highest BCUT2D eigenvalue weighted by Gasteiger charge is 2.25. The summed E-state index contributed by atoms with van der Waals surface area (Å²) in [5.41, 5.74) is 4.31. The lowest BCUT2D eigenvalue weighted by Crippen LogP contribution is -2.12. The highest BCUT2D eigenvalue weighted by Crippen LogP contribution is 2.34. The molecule has 4 nitrogen and oxygen atoms in total. The van der Waals surface area contributed by atoms with E-state index in [0.717, 1.165) is 34.3 Å². The number of nitrogens with zero attached hydrogens (tertiary/aromatic N) is 1. The largest absolute Gasteiger partial charge is 0.459 e. The number of hydrogen-bond donors (Lipinski definition) is 0. The van der Waals surface area contributed by atoms with Gasteiger partial charge in [0, 0.05) is 29.6 Å². The molecular formula is C31H31F2NO3. The number of Topliss-reactive ketones (excluding diaryl/α,β-unsaturated/α-hetero) is 1. The number of benzene rings is 3. The zero-order valence-electron chi connectivity index (χ0n) is 21.6. The lowest BCUT2D eigenvalue weighted by molar-refractivity contribution is 0.0378. The van der Waals surface area contributed by atoms with Crippen LogP contribution in [0.5, 0.6) is 0 Å². The van der Waals surface area contributed by atoms with E-state index in [4.69, 9.17) is 4.74 Å². The summed E-state index contributed by atoms with van der Waals surface area (Å²) in [4.78, 5) is 26.3. The molecule has 0 atom stereocenters. The van der Waals surface area contributed by atoms with Gasteiger partial charge in [-0.25, -0.2) is 13.6 Å². The predicted molar refractivity (Wildman–Crippen MR) is 141 cm³/mol. The minimum atomic E-state index is -0.923. The van der Waals surface area contributed by atoms with Gasteiger partial charge in [-0.05, 0) is 61.6 Å². The van der Waals surface area contributed by atoms with E-state index in [1.807, 2.05) is 50.2 Å². The van der Waals surface area contributed by atoms with Gasteiger partial charge in [0.25, 0.3) is 0 Å². The Hall–Kier alpha value is -3.80. The summed E-state index contributed by atoms with van der Waals surface area (Å²) in [7, 11) is 0. The number of rotatable bonds is 9. The number of halogens is 2. The van der Waals surface area contributed by atoms with Crippen molar-refractivity contribution in [3.8, 4) is 0 Å². The second kappa shape index (κ2) is 11.1. The van der Waals surface area contributed by atoms with Crippen molar-refractivity contribution in [3.05, 3.63) is 106 Å². The molecule has 4 aromatic rings. The van der Waals surface area contributed by atoms with Gasteiger partial charge >= 0.3 is 5.97 Å². The first-order valence-corrected chi connectivity index (χ1v) is 12.5. The summed E-state index contributed by atoms with van der Waals surface area (Å²) in [6.45, 7) is 8.21. The summed E-state index contributed by atoms with van der Waals surface area (Å²) in [6, 6.07) is 18.9. The summed E-state index contributed by atoms with van der Waals surface area (Å²) < 4.78 is 34.6. The zero-order chi connectivity index (χ0) is 26.7. The van der Waals surface area contributed by atoms with E-state index in [0.29, 0.717) is 23.2 Å². The predicted octanol–water partition coefficient (Wildman–Crippen LogP) is 7.47. The van der Waals surface area contributed by atoms with E-state index in [1.54, 1.807) is 26.0 Å². The Labute approximate surface area is 215 Å². The molecule has 0 N–H and O–H groups in total. The third-order valence-corrected chi connectivity index (χ3v) is 6.32. The normalized spacial score (nSPS) is 11.5. The second-order valence-electron chi connectivity index (χ2n) is 9.84. The van der Waals surface area contributed by atoms with Crippen molar-refractivity contribution in [1.82, 2.24) is 4.57 Å². The number of carbonyl (C=O) groups excluding carboxylic acids is 2. The van der Waals surface area contributed by atoms with E-state index in [-0.39, 0.29) is 30.6 Å². The molecule has 0 radical (unpaired) electrons. The van der Waals surface area contributed by atoms with Gasteiger partial charge in [0.2, 0.25) is 0 Å². The first kappa shape index (κ1) is 26.3. The number of ketones is 1. The maximum atomic E-state index is 13.7. The SMILES string of the molecule is CC(C)OC(=O)c1ccc2c(C(=O)CCc3ccc(F)c(F)c3)c(C(C)C)n(Cc3ccccc3)c2c1. The molecule has 37 heavy (non-hydrogen) atoms. The van der Waals surface area contributed by atoms with Crippen LogP contribution in [0.25, 0.3) is 10.9 Å². The molecule has 4 rings (SSSR count). The van der Waals surface area contributed by atoms with Crippen molar-refractivity contribution in [3.63, 3.8) is 0 Å². The Kier molecular flexibility index (Phi) is 7.86. The summed E-state index contributed by atoms with van der Waals surface area (Å²) >= 11 is 0. The van der Waals surface area contributed by atoms with Crippen molar-refractivity contribution in [1.29, 1.82) is 0 Å². The molecule has 0 amide bonds. The molecule has 0 bridgehead atoms. The first-order valence-electron chi connectivity index (χ1n) is 12.5. The number of esters is 1. The lowest BCUT2D eigenvalue weighted by Gasteiger charge is -2.15. The summed E-state index contributed by atoms with van der Waals surface area (Å²) in [5, 5.41) is 0.760. The molecule has 1 aromatic heterocycles. The summed E-state index contributed by atoms with van der Waals surface area (Å²) in [5.74, 6) is -2.31. The van der Waals surface area contributed by atoms with Crippen LogP contribution in [0.15, 0.2) is 66.7 Å². The molecule has 1 heterocycles. The standard InChI is InChI=1S/C31H31F2NO3/c1-19(2)30-29(28(35)15-11-21-10-14-25(32)26(33)16-21)24-13-12-23(31(36)37-20(3)4)17-27(24)34(30)18-22-8-6-5-7-9-22/h5-10,12-14,16-17,19-20H,11,15,18H2,1-4H3. The van der Waals surface area contributed by atoms with Crippen LogP contribution in [0.2, 0.25) is 0 Å². The van der Waals surface area contributed by atoms with Crippen LogP contribution in [0.4, 0.5) is 8.78 Å². The van der Waals surface area contributed by atoms with Crippen LogP contribution >= 0.6 is 0 Å². The Morgan fingerprint density at radius 2 is 1.59 bits per heavy atom. The van der Waals surface area contributed by atoms with Crippen LogP contribution in [0.3, 0.4) is 0 Å². The Bertz CT molecular complexity index is 1440. The van der Waals surface area contributed by atoms with E-state index in [2.05, 4.69) is 4.57 Å². The third kappa shape index (κ3) is 5.79. The lowest BCUT2D eigenvalue weighted by atomic mass is 9.96. The van der Waals surface area contributed by atoms with Crippen molar-refractivity contribution < 1.29 is 23.1 Å². The molecule has 3 aromatic carbocycles. The van der Waals surface area contributed by atoms with Crippen molar-refractivity contribution in [2.45, 2.75) is 59.1 Å². The highest BCUT2D eigenvalue weighted by atomic mass is 19.2. The molecule has 0 aliphatic heterocycles. The number of hydrogen-bond acceptors (Lipinski definition) is 3. The van der Waals surface area contributed by atoms with Gasteiger partial charge in [0.15, 0.2) is 17.4 Å². The van der Waals surface area contributed by atoms with Crippen LogP contribution in [0.1, 0.15) is 77.6 Å². The average molecular weight is 504 g/mol. The Balaban J connectivity index is 1.80. The van der Waals surface area contributed by atoms with Gasteiger partial charge in [0.05, 0.1) is 17.2 Å². The van der Waals surface area contributed by atoms with Gasteiger partial charge in [-0.1, -0.05) is 56.3 Å². The summed E-state index contributed by atoms with van der Waals surface area (Å²) in [6.07, 6.45) is 0.184. The molecule has 6 heteroatoms. The van der Waals surface area contributed by atoms with Crippen molar-refractivity contribution >= 4 is 22.7 Å². The van der Waals surface area contributed by atoms with Gasteiger partial charge < -0.3 is 9.30 Å². The van der Waals surface area contributed by atoms with Crippen LogP contribution < -0.4 is 0 Å². The van der Waals surface area contributed by atoms with Gasteiger partial charge in [-0.3, -0.25) is 4.79 Å². The molecule has 0 unspecified atom stereocenters. The monoisotopic (exact) mass is 503 g/mol. The number of carbonyl (C=O) groups is 2. The van der Waals surface area contributed by atoms with E-state index in [9.17, 15) is 18.4 Å². The molecule has 0 aliphatic rings. The number of ether oxygens (including phenoxy) is 1. The van der Waals surface area contributed by atoms with Gasteiger partial charge in [-0.15, -0.1) is 0 Å². The number of aryl methyl sites for hydroxylation is 1. The molecule has 0 saturated carbocycles. The minimum absolute atomic E-state index is 0.0180. The maximum absolute atomic E-state index is 13.7. The minimum Gasteiger partial charge on any atom is -0.459 e. The number of fused-ring (bicyclic) bond motifs is 1. The Morgan fingerprint density at radius 1 is 0.865 bits per heavy atom. The molecule has 0 aliphatic carbocycles. The van der Waals surface area contributed by atoms with Crippen LogP contribution in [-0.2, 0) is 17.7 Å². The van der Waals surface area contributed by atoms with Gasteiger partial charge in [0.1, 0.15) is 0 Å². The zero-order valence-corrected chi connectivity index (χ0v) is 21.6. The molecular weight excluding hydrogens is 472 g/mol. The van der Waals surface area contributed by atoms with E-state index < -0.39 is 17.6 Å². The molecule has 0 spiro atoms. The molecule has 0 saturated heterocycles. The Morgan fingerprint density at radius 3 is 2.24 bits per heavy atom. The fourth-order valence-corrected chi connectivity index (χ4v) is 4.69. The average Bonchev–Trinajstić information content (AvgIpc) is 3.18. The fraction of sp³-hybridized carbons (Fsp3) is 0.290. The van der Waals surface area contributed by atoms with Crippen LogP contribution in [-0.4, -0.2) is 22.4 Å². The fourth-order valence-electron chi connectivity index (χ4n) is 4.69. The highest BCUT2D eigenvalue weighted by molar-refractivity contribution is 6.11. The molecule has 192 valence electrons. The maximum Gasteiger partial charge on any atom is 0.338 e. The van der Waals surface area contributed by atoms with Gasteiger partial charge in [-0.2, -0.15) is 0 Å². The smallest absolute Gasteiger partial charge is 0.338 e.